The monoisotopic (exact) mass is 280 g/mol. The Balaban J connectivity index is 1.60. The van der Waals surface area contributed by atoms with Gasteiger partial charge in [0.2, 0.25) is 0 Å². The maximum atomic E-state index is 5.72. The number of aromatic nitrogens is 1. The molecule has 21 heavy (non-hydrogen) atoms. The third kappa shape index (κ3) is 3.24. The van der Waals surface area contributed by atoms with Crippen molar-refractivity contribution in [2.24, 2.45) is 0 Å². The molecule has 3 rings (SSSR count). The highest BCUT2D eigenvalue weighted by molar-refractivity contribution is 5.34. The predicted octanol–water partition coefficient (Wildman–Crippen LogP) is 3.34. The summed E-state index contributed by atoms with van der Waals surface area (Å²) in [6.07, 6.45) is 4.54. The van der Waals surface area contributed by atoms with Crippen LogP contribution in [0.2, 0.25) is 0 Å². The largest absolute Gasteiger partial charge is 0.486 e. The summed E-state index contributed by atoms with van der Waals surface area (Å²) in [4.78, 5) is 6.34. The van der Waals surface area contributed by atoms with Crippen molar-refractivity contribution < 1.29 is 4.74 Å². The molecule has 3 nitrogen and oxygen atoms in total. The molecular formula is C18H20N2O. The lowest BCUT2D eigenvalue weighted by Crippen LogP contribution is -2.31. The lowest BCUT2D eigenvalue weighted by atomic mass is 9.97. The van der Waals surface area contributed by atoms with Gasteiger partial charge in [0.15, 0.2) is 0 Å². The summed E-state index contributed by atoms with van der Waals surface area (Å²) < 4.78 is 5.72. The number of hydrogen-bond donors (Lipinski definition) is 0. The Hall–Kier alpha value is -2.29. The molecule has 0 amide bonds. The summed E-state index contributed by atoms with van der Waals surface area (Å²) in [6.45, 7) is 8.74. The zero-order chi connectivity index (χ0) is 14.7. The van der Waals surface area contributed by atoms with Crippen molar-refractivity contribution in [2.45, 2.75) is 19.9 Å². The summed E-state index contributed by atoms with van der Waals surface area (Å²) in [7, 11) is 0. The van der Waals surface area contributed by atoms with Gasteiger partial charge in [0, 0.05) is 25.0 Å². The van der Waals surface area contributed by atoms with Crippen molar-refractivity contribution >= 4 is 0 Å². The molecule has 1 aromatic carbocycles. The second-order valence-corrected chi connectivity index (χ2v) is 5.49. The molecule has 1 aromatic heterocycles. The maximum Gasteiger partial charge on any atom is 0.138 e. The summed E-state index contributed by atoms with van der Waals surface area (Å²) in [6, 6.07) is 10.5. The molecule has 108 valence electrons. The SMILES string of the molecule is C=C(COc1cccnc1)N1CCc2cc(C)ccc2C1. The minimum Gasteiger partial charge on any atom is -0.486 e. The molecule has 0 unspecified atom stereocenters. The molecule has 0 radical (unpaired) electrons. The second kappa shape index (κ2) is 6.00. The fraction of sp³-hybridized carbons (Fsp3) is 0.278. The molecule has 3 heteroatoms. The van der Waals surface area contributed by atoms with E-state index >= 15 is 0 Å². The lowest BCUT2D eigenvalue weighted by Gasteiger charge is -2.32. The van der Waals surface area contributed by atoms with Gasteiger partial charge in [0.25, 0.3) is 0 Å². The standard InChI is InChI=1S/C18H20N2O/c1-14-5-6-17-12-20(9-7-16(17)10-14)15(2)13-21-18-4-3-8-19-11-18/h3-6,8,10-11H,2,7,9,12-13H2,1H3. The highest BCUT2D eigenvalue weighted by Crippen LogP contribution is 2.22. The Morgan fingerprint density at radius 3 is 3.05 bits per heavy atom. The van der Waals surface area contributed by atoms with Crippen LogP contribution in [-0.4, -0.2) is 23.0 Å². The molecule has 0 spiro atoms. The number of hydrogen-bond acceptors (Lipinski definition) is 3. The van der Waals surface area contributed by atoms with Crippen molar-refractivity contribution in [1.82, 2.24) is 9.88 Å². The molecule has 1 aliphatic heterocycles. The average molecular weight is 280 g/mol. The van der Waals surface area contributed by atoms with E-state index in [9.17, 15) is 0 Å². The molecule has 1 aliphatic rings. The van der Waals surface area contributed by atoms with E-state index in [-0.39, 0.29) is 0 Å². The molecule has 0 saturated carbocycles. The minimum absolute atomic E-state index is 0.507. The van der Waals surface area contributed by atoms with Gasteiger partial charge in [0.1, 0.15) is 12.4 Å². The molecule has 0 aliphatic carbocycles. The zero-order valence-electron chi connectivity index (χ0n) is 12.4. The Morgan fingerprint density at radius 2 is 2.24 bits per heavy atom. The first-order valence-electron chi connectivity index (χ1n) is 7.26. The Kier molecular flexibility index (Phi) is 3.91. The van der Waals surface area contributed by atoms with Crippen molar-refractivity contribution in [3.05, 3.63) is 71.7 Å². The van der Waals surface area contributed by atoms with Gasteiger partial charge in [-0.1, -0.05) is 30.3 Å². The quantitative estimate of drug-likeness (QED) is 0.859. The number of pyridine rings is 1. The molecule has 2 aromatic rings. The van der Waals surface area contributed by atoms with E-state index in [1.54, 1.807) is 12.4 Å². The van der Waals surface area contributed by atoms with Crippen LogP contribution in [0.1, 0.15) is 16.7 Å². The number of rotatable bonds is 4. The molecule has 0 saturated heterocycles. The molecule has 0 bridgehead atoms. The van der Waals surface area contributed by atoms with E-state index in [0.717, 1.165) is 31.0 Å². The van der Waals surface area contributed by atoms with E-state index in [1.807, 2.05) is 12.1 Å². The molecule has 0 fully saturated rings. The topological polar surface area (TPSA) is 25.4 Å². The number of ether oxygens (including phenoxy) is 1. The smallest absolute Gasteiger partial charge is 0.138 e. The van der Waals surface area contributed by atoms with Gasteiger partial charge in [-0.3, -0.25) is 4.98 Å². The fourth-order valence-electron chi connectivity index (χ4n) is 2.64. The minimum atomic E-state index is 0.507. The van der Waals surface area contributed by atoms with Crippen LogP contribution in [0.4, 0.5) is 0 Å². The summed E-state index contributed by atoms with van der Waals surface area (Å²) in [5.41, 5.74) is 5.22. The van der Waals surface area contributed by atoms with Gasteiger partial charge in [-0.2, -0.15) is 0 Å². The van der Waals surface area contributed by atoms with E-state index in [1.165, 1.54) is 16.7 Å². The van der Waals surface area contributed by atoms with Crippen molar-refractivity contribution in [2.75, 3.05) is 13.2 Å². The first-order valence-corrected chi connectivity index (χ1v) is 7.26. The van der Waals surface area contributed by atoms with Gasteiger partial charge >= 0.3 is 0 Å². The third-order valence-electron chi connectivity index (χ3n) is 3.86. The first-order chi connectivity index (χ1) is 10.2. The van der Waals surface area contributed by atoms with Crippen LogP contribution in [0.15, 0.2) is 55.0 Å². The van der Waals surface area contributed by atoms with Crippen LogP contribution < -0.4 is 4.74 Å². The highest BCUT2D eigenvalue weighted by atomic mass is 16.5. The van der Waals surface area contributed by atoms with Crippen LogP contribution in [0.5, 0.6) is 5.75 Å². The van der Waals surface area contributed by atoms with Crippen LogP contribution >= 0.6 is 0 Å². The zero-order valence-corrected chi connectivity index (χ0v) is 12.4. The van der Waals surface area contributed by atoms with Crippen molar-refractivity contribution in [3.8, 4) is 5.75 Å². The summed E-state index contributed by atoms with van der Waals surface area (Å²) in [5.74, 6) is 0.784. The van der Waals surface area contributed by atoms with E-state index in [0.29, 0.717) is 6.61 Å². The summed E-state index contributed by atoms with van der Waals surface area (Å²) in [5, 5.41) is 0. The van der Waals surface area contributed by atoms with Gasteiger partial charge in [-0.05, 0) is 36.6 Å². The lowest BCUT2D eigenvalue weighted by molar-refractivity contribution is 0.254. The second-order valence-electron chi connectivity index (χ2n) is 5.49. The fourth-order valence-corrected chi connectivity index (χ4v) is 2.64. The molecule has 0 N–H and O–H groups in total. The first kappa shape index (κ1) is 13.7. The molecular weight excluding hydrogens is 260 g/mol. The van der Waals surface area contributed by atoms with E-state index in [4.69, 9.17) is 4.74 Å². The van der Waals surface area contributed by atoms with Gasteiger partial charge in [-0.25, -0.2) is 0 Å². The summed E-state index contributed by atoms with van der Waals surface area (Å²) >= 11 is 0. The Morgan fingerprint density at radius 1 is 1.33 bits per heavy atom. The van der Waals surface area contributed by atoms with Crippen molar-refractivity contribution in [1.29, 1.82) is 0 Å². The third-order valence-corrected chi connectivity index (χ3v) is 3.86. The van der Waals surface area contributed by atoms with Gasteiger partial charge < -0.3 is 9.64 Å². The number of nitrogens with zero attached hydrogens (tertiary/aromatic N) is 2. The predicted molar refractivity (Wildman–Crippen MR) is 84.2 cm³/mol. The number of benzene rings is 1. The number of fused-ring (bicyclic) bond motifs is 1. The highest BCUT2D eigenvalue weighted by Gasteiger charge is 2.17. The molecule has 0 atom stereocenters. The van der Waals surface area contributed by atoms with E-state index < -0.39 is 0 Å². The maximum absolute atomic E-state index is 5.72. The average Bonchev–Trinajstić information content (AvgIpc) is 2.53. The van der Waals surface area contributed by atoms with Crippen LogP contribution in [0.3, 0.4) is 0 Å². The van der Waals surface area contributed by atoms with Gasteiger partial charge in [-0.15, -0.1) is 0 Å². The van der Waals surface area contributed by atoms with Gasteiger partial charge in [0.05, 0.1) is 6.20 Å². The normalized spacial score (nSPS) is 13.7. The van der Waals surface area contributed by atoms with Crippen LogP contribution in [-0.2, 0) is 13.0 Å². The van der Waals surface area contributed by atoms with Crippen LogP contribution in [0.25, 0.3) is 0 Å². The Bertz CT molecular complexity index is 637. The molecule has 2 heterocycles. The van der Waals surface area contributed by atoms with Crippen LogP contribution in [0, 0.1) is 6.92 Å². The Labute approximate surface area is 125 Å². The number of aryl methyl sites for hydroxylation is 1. The van der Waals surface area contributed by atoms with Crippen molar-refractivity contribution in [3.63, 3.8) is 0 Å². The van der Waals surface area contributed by atoms with E-state index in [2.05, 4.69) is 41.6 Å².